The van der Waals surface area contributed by atoms with E-state index >= 15 is 0 Å². The third-order valence-corrected chi connectivity index (χ3v) is 0.990. The summed E-state index contributed by atoms with van der Waals surface area (Å²) in [5.41, 5.74) is 0. The zero-order chi connectivity index (χ0) is 8.85. The van der Waals surface area contributed by atoms with Gasteiger partial charge in [0.25, 0.3) is 0 Å². The quantitative estimate of drug-likeness (QED) is 0.571. The monoisotopic (exact) mass is 161 g/mol. The number of rotatable bonds is 1. The van der Waals surface area contributed by atoms with Crippen LogP contribution < -0.4 is 0 Å². The van der Waals surface area contributed by atoms with Gasteiger partial charge in [-0.15, -0.1) is 0 Å². The van der Waals surface area contributed by atoms with Crippen LogP contribution in [-0.4, -0.2) is 37.9 Å². The van der Waals surface area contributed by atoms with Gasteiger partial charge in [0.15, 0.2) is 0 Å². The van der Waals surface area contributed by atoms with Gasteiger partial charge < -0.3 is 9.47 Å². The molecule has 0 fully saturated rings. The van der Waals surface area contributed by atoms with Crippen LogP contribution in [0.4, 0.5) is 9.59 Å². The molecule has 0 aliphatic heterocycles. The highest BCUT2D eigenvalue weighted by molar-refractivity contribution is 5.87. The van der Waals surface area contributed by atoms with Gasteiger partial charge in [-0.05, 0) is 6.92 Å². The van der Waals surface area contributed by atoms with Crippen molar-refractivity contribution in [2.45, 2.75) is 6.92 Å². The Morgan fingerprint density at radius 1 is 1.36 bits per heavy atom. The van der Waals surface area contributed by atoms with Gasteiger partial charge in [-0.3, -0.25) is 0 Å². The lowest BCUT2D eigenvalue weighted by Crippen LogP contribution is -2.33. The summed E-state index contributed by atoms with van der Waals surface area (Å²) in [6, 6.07) is 0. The molecule has 11 heavy (non-hydrogen) atoms. The van der Waals surface area contributed by atoms with Gasteiger partial charge >= 0.3 is 12.2 Å². The zero-order valence-corrected chi connectivity index (χ0v) is 6.79. The molecule has 0 radical (unpaired) electrons. The number of carbonyl (C=O) groups is 2. The fourth-order valence-electron chi connectivity index (χ4n) is 0.432. The van der Waals surface area contributed by atoms with E-state index < -0.39 is 12.2 Å². The average molecular weight is 161 g/mol. The molecule has 2 amide bonds. The van der Waals surface area contributed by atoms with Crippen LogP contribution in [0.1, 0.15) is 6.92 Å². The van der Waals surface area contributed by atoms with Crippen LogP contribution in [0, 0.1) is 0 Å². The number of hydrogen-bond acceptors (Lipinski definition) is 4. The molecule has 5 nitrogen and oxygen atoms in total. The molecule has 0 N–H and O–H groups in total. The molecule has 5 heteroatoms. The number of ether oxygens (including phenoxy) is 2. The number of amides is 2. The summed E-state index contributed by atoms with van der Waals surface area (Å²) in [7, 11) is 2.47. The molecule has 0 aromatic heterocycles. The van der Waals surface area contributed by atoms with Crippen molar-refractivity contribution in [3.8, 4) is 0 Å². The number of nitrogens with zero attached hydrogens (tertiary/aromatic N) is 1. The van der Waals surface area contributed by atoms with Crippen molar-refractivity contribution in [2.75, 3.05) is 20.8 Å². The Balaban J connectivity index is 3.91. The molecular weight excluding hydrogens is 150 g/mol. The molecule has 0 bridgehead atoms. The maximum Gasteiger partial charge on any atom is 0.419 e. The average Bonchev–Trinajstić information content (AvgIpc) is 2.02. The number of carbonyl (C=O) groups excluding carboxylic acids is 2. The van der Waals surface area contributed by atoms with Crippen LogP contribution in [0.3, 0.4) is 0 Å². The molecule has 0 atom stereocenters. The summed E-state index contributed by atoms with van der Waals surface area (Å²) in [6.07, 6.45) is -1.44. The molecular formula is C6H11NO4. The number of hydrogen-bond donors (Lipinski definition) is 0. The summed E-state index contributed by atoms with van der Waals surface area (Å²) < 4.78 is 8.78. The van der Waals surface area contributed by atoms with Crippen LogP contribution >= 0.6 is 0 Å². The van der Waals surface area contributed by atoms with Crippen LogP contribution in [0.5, 0.6) is 0 Å². The molecule has 0 spiro atoms. The van der Waals surface area contributed by atoms with Gasteiger partial charge in [-0.25, -0.2) is 14.5 Å². The van der Waals surface area contributed by atoms with E-state index in [1.807, 2.05) is 0 Å². The van der Waals surface area contributed by atoms with Crippen molar-refractivity contribution >= 4 is 12.2 Å². The summed E-state index contributed by atoms with van der Waals surface area (Å²) in [4.78, 5) is 22.1. The third kappa shape index (κ3) is 2.88. The van der Waals surface area contributed by atoms with E-state index in [2.05, 4.69) is 9.47 Å². The summed E-state index contributed by atoms with van der Waals surface area (Å²) >= 11 is 0. The molecule has 0 aromatic rings. The van der Waals surface area contributed by atoms with E-state index in [9.17, 15) is 9.59 Å². The lowest BCUT2D eigenvalue weighted by molar-refractivity contribution is 0.0976. The third-order valence-electron chi connectivity index (χ3n) is 0.990. The van der Waals surface area contributed by atoms with Crippen molar-refractivity contribution in [3.63, 3.8) is 0 Å². The maximum absolute atomic E-state index is 10.7. The Kier molecular flexibility index (Phi) is 4.02. The van der Waals surface area contributed by atoms with Crippen molar-refractivity contribution in [1.82, 2.24) is 4.90 Å². The molecule has 64 valence electrons. The minimum absolute atomic E-state index is 0.236. The second kappa shape index (κ2) is 4.54. The van der Waals surface area contributed by atoms with E-state index in [0.717, 1.165) is 4.90 Å². The standard InChI is InChI=1S/C6H11NO4/c1-4-11-6(9)7(2)5(8)10-3/h4H2,1-3H3. The molecule has 0 rings (SSSR count). The number of imide groups is 1. The van der Waals surface area contributed by atoms with Gasteiger partial charge in [-0.2, -0.15) is 0 Å². The Hall–Kier alpha value is -1.26. The van der Waals surface area contributed by atoms with E-state index in [0.29, 0.717) is 0 Å². The first-order valence-electron chi connectivity index (χ1n) is 3.11. The molecule has 0 aromatic carbocycles. The molecule has 0 unspecified atom stereocenters. The first kappa shape index (κ1) is 9.74. The Morgan fingerprint density at radius 2 is 1.91 bits per heavy atom. The van der Waals surface area contributed by atoms with Gasteiger partial charge in [-0.1, -0.05) is 0 Å². The van der Waals surface area contributed by atoms with Crippen molar-refractivity contribution in [1.29, 1.82) is 0 Å². The lowest BCUT2D eigenvalue weighted by Gasteiger charge is -2.11. The zero-order valence-electron chi connectivity index (χ0n) is 6.79. The number of methoxy groups -OCH3 is 1. The van der Waals surface area contributed by atoms with Crippen molar-refractivity contribution in [3.05, 3.63) is 0 Å². The SMILES string of the molecule is CCOC(=O)N(C)C(=O)OC. The Bertz CT molecular complexity index is 157. The van der Waals surface area contributed by atoms with Crippen LogP contribution in [0.2, 0.25) is 0 Å². The smallest absolute Gasteiger partial charge is 0.419 e. The second-order valence-electron chi connectivity index (χ2n) is 1.73. The fraction of sp³-hybridized carbons (Fsp3) is 0.667. The van der Waals surface area contributed by atoms with Gasteiger partial charge in [0.1, 0.15) is 0 Å². The van der Waals surface area contributed by atoms with Crippen LogP contribution in [0.15, 0.2) is 0 Å². The Morgan fingerprint density at radius 3 is 2.27 bits per heavy atom. The van der Waals surface area contributed by atoms with E-state index in [1.54, 1.807) is 6.92 Å². The van der Waals surface area contributed by atoms with Gasteiger partial charge in [0.2, 0.25) is 0 Å². The normalized spacial score (nSPS) is 8.64. The first-order valence-corrected chi connectivity index (χ1v) is 3.11. The molecule has 0 saturated heterocycles. The highest BCUT2D eigenvalue weighted by Crippen LogP contribution is 1.92. The first-order chi connectivity index (χ1) is 5.13. The predicted octanol–water partition coefficient (Wildman–Crippen LogP) is 0.841. The minimum Gasteiger partial charge on any atom is -0.452 e. The highest BCUT2D eigenvalue weighted by atomic mass is 16.6. The summed E-state index contributed by atoms with van der Waals surface area (Å²) in [5, 5.41) is 0. The predicted molar refractivity (Wildman–Crippen MR) is 37.2 cm³/mol. The second-order valence-corrected chi connectivity index (χ2v) is 1.73. The highest BCUT2D eigenvalue weighted by Gasteiger charge is 2.17. The topological polar surface area (TPSA) is 55.8 Å². The largest absolute Gasteiger partial charge is 0.452 e. The van der Waals surface area contributed by atoms with Crippen LogP contribution in [0.25, 0.3) is 0 Å². The molecule has 0 heterocycles. The van der Waals surface area contributed by atoms with Crippen LogP contribution in [-0.2, 0) is 9.47 Å². The summed E-state index contributed by atoms with van der Waals surface area (Å²) in [5.74, 6) is 0. The summed E-state index contributed by atoms with van der Waals surface area (Å²) in [6.45, 7) is 1.89. The molecule has 0 aliphatic rings. The van der Waals surface area contributed by atoms with Gasteiger partial charge in [0, 0.05) is 7.05 Å². The van der Waals surface area contributed by atoms with Gasteiger partial charge in [0.05, 0.1) is 13.7 Å². The molecule has 0 aliphatic carbocycles. The van der Waals surface area contributed by atoms with Crippen molar-refractivity contribution < 1.29 is 19.1 Å². The lowest BCUT2D eigenvalue weighted by atomic mass is 10.8. The molecule has 0 saturated carbocycles. The van der Waals surface area contributed by atoms with E-state index in [-0.39, 0.29) is 6.61 Å². The van der Waals surface area contributed by atoms with E-state index in [1.165, 1.54) is 14.2 Å². The fourth-order valence-corrected chi connectivity index (χ4v) is 0.432. The minimum atomic E-state index is -0.733. The maximum atomic E-state index is 10.7. The Labute approximate surface area is 64.9 Å². The van der Waals surface area contributed by atoms with E-state index in [4.69, 9.17) is 0 Å². The van der Waals surface area contributed by atoms with Crippen molar-refractivity contribution in [2.24, 2.45) is 0 Å².